The van der Waals surface area contributed by atoms with Gasteiger partial charge in [0, 0.05) is 6.92 Å². The number of rotatable bonds is 11. The molecule has 0 aromatic heterocycles. The summed E-state index contributed by atoms with van der Waals surface area (Å²) in [5.74, 6) is -2.37. The van der Waals surface area contributed by atoms with E-state index in [-0.39, 0.29) is 6.61 Å². The Balaban J connectivity index is 1.40. The Labute approximate surface area is 252 Å². The first kappa shape index (κ1) is 29.8. The van der Waals surface area contributed by atoms with E-state index in [1.165, 1.54) is 11.8 Å². The highest BCUT2D eigenvalue weighted by Crippen LogP contribution is 2.53. The number of fused-ring (bicyclic) bond motifs is 1. The summed E-state index contributed by atoms with van der Waals surface area (Å²) in [6.07, 6.45) is -0.783. The molecule has 0 saturated carbocycles. The van der Waals surface area contributed by atoms with Gasteiger partial charge in [-0.1, -0.05) is 78.9 Å². The third-order valence-corrected chi connectivity index (χ3v) is 8.84. The quantitative estimate of drug-likeness (QED) is 0.139. The summed E-state index contributed by atoms with van der Waals surface area (Å²) < 4.78 is 15.7. The smallest absolute Gasteiger partial charge is 0.331 e. The number of β-lactam (4-membered cyclic amide) rings is 1. The van der Waals surface area contributed by atoms with Crippen molar-refractivity contribution in [3.05, 3.63) is 107 Å². The third-order valence-electron chi connectivity index (χ3n) is 7.23. The van der Waals surface area contributed by atoms with Crippen LogP contribution in [-0.2, 0) is 28.7 Å². The largest absolute Gasteiger partial charge is 0.484 e. The van der Waals surface area contributed by atoms with Crippen molar-refractivity contribution in [1.29, 1.82) is 0 Å². The predicted octanol–water partition coefficient (Wildman–Crippen LogP) is 3.88. The Morgan fingerprint density at radius 3 is 2.05 bits per heavy atom. The van der Waals surface area contributed by atoms with Gasteiger partial charge in [0.15, 0.2) is 18.8 Å². The topological polar surface area (TPSA) is 132 Å². The standard InChI is InChI=1S/C31H29N3O8S/c1-20(35)41-19-31(2)27(30(38)42-26(21-12-6-3-7-13-21)22-14-8-4-9-15-22)33-28(37)25(29(33)43-31)34(32-39)24(36)18-40-23-16-10-5-11-17-23/h3-17,25-27,29H,18-19H2,1-2H3. The Morgan fingerprint density at radius 1 is 0.953 bits per heavy atom. The van der Waals surface area contributed by atoms with Crippen LogP contribution in [0.5, 0.6) is 5.75 Å². The van der Waals surface area contributed by atoms with Crippen molar-refractivity contribution in [3.8, 4) is 5.75 Å². The summed E-state index contributed by atoms with van der Waals surface area (Å²) in [5, 5.41) is 2.57. The molecule has 2 aliphatic rings. The summed E-state index contributed by atoms with van der Waals surface area (Å²) >= 11 is 1.14. The van der Waals surface area contributed by atoms with Crippen molar-refractivity contribution in [2.75, 3.05) is 13.2 Å². The number of carbonyl (C=O) groups excluding carboxylic acids is 4. The maximum atomic E-state index is 14.0. The number of carbonyl (C=O) groups is 4. The summed E-state index contributed by atoms with van der Waals surface area (Å²) in [6.45, 7) is 2.17. The molecule has 2 heterocycles. The minimum atomic E-state index is -1.28. The van der Waals surface area contributed by atoms with Gasteiger partial charge in [0.1, 0.15) is 23.8 Å². The van der Waals surface area contributed by atoms with Crippen molar-refractivity contribution in [1.82, 2.24) is 9.91 Å². The van der Waals surface area contributed by atoms with E-state index in [1.807, 2.05) is 60.7 Å². The number of esters is 2. The molecular formula is C31H29N3O8S. The molecule has 3 aromatic rings. The first-order valence-corrected chi connectivity index (χ1v) is 14.4. The van der Waals surface area contributed by atoms with Crippen LogP contribution in [0.25, 0.3) is 0 Å². The number of thioether (sulfide) groups is 1. The maximum Gasteiger partial charge on any atom is 0.331 e. The highest BCUT2D eigenvalue weighted by atomic mass is 32.2. The molecule has 0 bridgehead atoms. The summed E-state index contributed by atoms with van der Waals surface area (Å²) in [5.41, 5.74) is 1.44. The summed E-state index contributed by atoms with van der Waals surface area (Å²) in [6, 6.07) is 24.4. The van der Waals surface area contributed by atoms with Crippen LogP contribution in [0.2, 0.25) is 0 Å². The average Bonchev–Trinajstić information content (AvgIpc) is 3.30. The molecule has 2 amide bonds. The summed E-state index contributed by atoms with van der Waals surface area (Å²) in [7, 11) is 0. The second-order valence-corrected chi connectivity index (χ2v) is 11.9. The van der Waals surface area contributed by atoms with Crippen molar-refractivity contribution >= 4 is 35.5 Å². The van der Waals surface area contributed by atoms with E-state index in [2.05, 4.69) is 5.29 Å². The second kappa shape index (κ2) is 12.7. The fraction of sp³-hybridized carbons (Fsp3) is 0.290. The molecule has 4 atom stereocenters. The Kier molecular flexibility index (Phi) is 8.76. The molecule has 3 aromatic carbocycles. The first-order chi connectivity index (χ1) is 20.7. The molecule has 2 aliphatic heterocycles. The number of nitrogens with zero attached hydrogens (tertiary/aromatic N) is 3. The van der Waals surface area contributed by atoms with Gasteiger partial charge in [-0.25, -0.2) is 4.79 Å². The lowest BCUT2D eigenvalue weighted by atomic mass is 9.94. The monoisotopic (exact) mass is 603 g/mol. The summed E-state index contributed by atoms with van der Waals surface area (Å²) in [4.78, 5) is 65.3. The van der Waals surface area contributed by atoms with Crippen LogP contribution in [0.15, 0.2) is 96.3 Å². The fourth-order valence-corrected chi connectivity index (χ4v) is 6.91. The maximum absolute atomic E-state index is 14.0. The van der Waals surface area contributed by atoms with Crippen LogP contribution >= 0.6 is 11.8 Å². The molecule has 2 saturated heterocycles. The molecule has 0 N–H and O–H groups in total. The third kappa shape index (κ3) is 6.09. The number of hydrogen-bond donors (Lipinski definition) is 0. The second-order valence-electron chi connectivity index (χ2n) is 10.3. The molecular weight excluding hydrogens is 574 g/mol. The zero-order chi connectivity index (χ0) is 30.6. The lowest BCUT2D eigenvalue weighted by Gasteiger charge is -2.45. The predicted molar refractivity (Wildman–Crippen MR) is 156 cm³/mol. The van der Waals surface area contributed by atoms with Crippen molar-refractivity contribution in [3.63, 3.8) is 0 Å². The zero-order valence-corrected chi connectivity index (χ0v) is 24.2. The van der Waals surface area contributed by atoms with Crippen LogP contribution in [0.3, 0.4) is 0 Å². The van der Waals surface area contributed by atoms with E-state index in [0.717, 1.165) is 22.9 Å². The number of amides is 2. The fourth-order valence-electron chi connectivity index (χ4n) is 5.19. The lowest BCUT2D eigenvalue weighted by molar-refractivity contribution is -0.174. The van der Waals surface area contributed by atoms with Crippen LogP contribution < -0.4 is 4.74 Å². The number of para-hydroxylation sites is 1. The van der Waals surface area contributed by atoms with E-state index >= 15 is 0 Å². The normalized spacial score (nSPS) is 22.3. The zero-order valence-electron chi connectivity index (χ0n) is 23.4. The van der Waals surface area contributed by atoms with E-state index in [4.69, 9.17) is 14.2 Å². The first-order valence-electron chi connectivity index (χ1n) is 13.5. The molecule has 0 aliphatic carbocycles. The van der Waals surface area contributed by atoms with E-state index < -0.39 is 58.7 Å². The molecule has 2 fully saturated rings. The Hall–Kier alpha value is -4.71. The molecule has 0 radical (unpaired) electrons. The van der Waals surface area contributed by atoms with Gasteiger partial charge in [-0.05, 0) is 30.2 Å². The van der Waals surface area contributed by atoms with Gasteiger partial charge < -0.3 is 19.1 Å². The van der Waals surface area contributed by atoms with Crippen molar-refractivity contribution in [2.45, 2.75) is 42.2 Å². The molecule has 222 valence electrons. The highest BCUT2D eigenvalue weighted by molar-refractivity contribution is 8.01. The number of benzene rings is 3. The molecule has 43 heavy (non-hydrogen) atoms. The Morgan fingerprint density at radius 2 is 1.51 bits per heavy atom. The van der Waals surface area contributed by atoms with Gasteiger partial charge >= 0.3 is 11.9 Å². The SMILES string of the molecule is CC(=O)OCC1(C)SC2C(N(N=O)C(=O)COc3ccccc3)C(=O)N2C1C(=O)OC(c1ccccc1)c1ccccc1. The molecule has 4 unspecified atom stereocenters. The Bertz CT molecular complexity index is 1450. The van der Waals surface area contributed by atoms with Gasteiger partial charge in [-0.3, -0.25) is 14.4 Å². The van der Waals surface area contributed by atoms with E-state index in [9.17, 15) is 24.1 Å². The van der Waals surface area contributed by atoms with Gasteiger partial charge in [0.05, 0.1) is 10.0 Å². The van der Waals surface area contributed by atoms with Gasteiger partial charge in [0.2, 0.25) is 0 Å². The number of hydrogen-bond acceptors (Lipinski definition) is 10. The van der Waals surface area contributed by atoms with E-state index in [1.54, 1.807) is 37.3 Å². The van der Waals surface area contributed by atoms with Crippen LogP contribution in [0, 0.1) is 4.91 Å². The minimum absolute atomic E-state index is 0.222. The lowest BCUT2D eigenvalue weighted by Crippen LogP contribution is -2.71. The molecule has 5 rings (SSSR count). The minimum Gasteiger partial charge on any atom is -0.484 e. The van der Waals surface area contributed by atoms with Crippen molar-refractivity contribution in [2.24, 2.45) is 5.29 Å². The van der Waals surface area contributed by atoms with Crippen LogP contribution in [0.4, 0.5) is 0 Å². The number of ether oxygens (including phenoxy) is 3. The van der Waals surface area contributed by atoms with E-state index in [0.29, 0.717) is 10.8 Å². The number of nitroso groups, excluding NO2 is 1. The van der Waals surface area contributed by atoms with Gasteiger partial charge in [-0.15, -0.1) is 16.7 Å². The molecule has 0 spiro atoms. The highest BCUT2D eigenvalue weighted by Gasteiger charge is 2.68. The van der Waals surface area contributed by atoms with Gasteiger partial charge in [0.25, 0.3) is 11.8 Å². The molecule has 12 heteroatoms. The van der Waals surface area contributed by atoms with Crippen LogP contribution in [0.1, 0.15) is 31.1 Å². The van der Waals surface area contributed by atoms with Crippen molar-refractivity contribution < 1.29 is 33.4 Å². The van der Waals surface area contributed by atoms with Gasteiger partial charge in [-0.2, -0.15) is 5.01 Å². The average molecular weight is 604 g/mol. The van der Waals surface area contributed by atoms with Crippen LogP contribution in [-0.4, -0.2) is 69.1 Å². The molecule has 11 nitrogen and oxygen atoms in total.